The fourth-order valence-corrected chi connectivity index (χ4v) is 2.51. The van der Waals surface area contributed by atoms with Crippen molar-refractivity contribution in [1.29, 1.82) is 0 Å². The van der Waals surface area contributed by atoms with Crippen LogP contribution in [0.15, 0.2) is 48.5 Å². The van der Waals surface area contributed by atoms with Gasteiger partial charge in [-0.05, 0) is 49.6 Å². The van der Waals surface area contributed by atoms with Gasteiger partial charge in [-0.3, -0.25) is 9.59 Å². The van der Waals surface area contributed by atoms with E-state index in [0.29, 0.717) is 30.0 Å². The summed E-state index contributed by atoms with van der Waals surface area (Å²) in [5.74, 6) is 0.182. The quantitative estimate of drug-likeness (QED) is 0.755. The topological polar surface area (TPSA) is 67.4 Å². The molecule has 0 radical (unpaired) electrons. The highest BCUT2D eigenvalue weighted by molar-refractivity contribution is 6.04. The predicted octanol–water partition coefficient (Wildman–Crippen LogP) is 3.93. The number of para-hydroxylation sites is 1. The highest BCUT2D eigenvalue weighted by atomic mass is 16.5. The normalized spacial score (nSPS) is 11.5. The average molecular weight is 354 g/mol. The summed E-state index contributed by atoms with van der Waals surface area (Å²) >= 11 is 0. The predicted molar refractivity (Wildman–Crippen MR) is 104 cm³/mol. The Labute approximate surface area is 154 Å². The summed E-state index contributed by atoms with van der Waals surface area (Å²) in [5, 5.41) is 5.66. The zero-order valence-corrected chi connectivity index (χ0v) is 15.5. The highest BCUT2D eigenvalue weighted by Gasteiger charge is 2.21. The minimum absolute atomic E-state index is 0.199. The number of benzene rings is 2. The van der Waals surface area contributed by atoms with Crippen LogP contribution in [-0.4, -0.2) is 24.5 Å². The Morgan fingerprint density at radius 1 is 1.08 bits per heavy atom. The number of carbonyl (C=O) groups excluding carboxylic acids is 2. The summed E-state index contributed by atoms with van der Waals surface area (Å²) in [5.41, 5.74) is 1.99. The molecule has 0 saturated heterocycles. The van der Waals surface area contributed by atoms with Crippen molar-refractivity contribution < 1.29 is 14.3 Å². The lowest BCUT2D eigenvalue weighted by Gasteiger charge is -2.18. The van der Waals surface area contributed by atoms with Gasteiger partial charge in [-0.1, -0.05) is 38.1 Å². The van der Waals surface area contributed by atoms with Crippen molar-refractivity contribution in [2.45, 2.75) is 39.7 Å². The lowest BCUT2D eigenvalue weighted by Crippen LogP contribution is -2.33. The summed E-state index contributed by atoms with van der Waals surface area (Å²) in [7, 11) is 0. The molecule has 0 aliphatic rings. The first-order chi connectivity index (χ1) is 12.5. The van der Waals surface area contributed by atoms with Gasteiger partial charge in [-0.15, -0.1) is 0 Å². The van der Waals surface area contributed by atoms with E-state index < -0.39 is 6.10 Å². The van der Waals surface area contributed by atoms with Crippen LogP contribution in [0.25, 0.3) is 0 Å². The number of hydrogen-bond donors (Lipinski definition) is 2. The maximum Gasteiger partial charge on any atom is 0.265 e. The highest BCUT2D eigenvalue weighted by Crippen LogP contribution is 2.19. The summed E-state index contributed by atoms with van der Waals surface area (Å²) < 4.78 is 5.83. The van der Waals surface area contributed by atoms with Crippen molar-refractivity contribution in [3.8, 4) is 5.75 Å². The second-order valence-electron chi connectivity index (χ2n) is 6.12. The molecule has 0 heterocycles. The number of aryl methyl sites for hydroxylation is 1. The summed E-state index contributed by atoms with van der Waals surface area (Å²) in [4.78, 5) is 24.9. The molecule has 0 aromatic heterocycles. The number of amides is 2. The van der Waals surface area contributed by atoms with Crippen LogP contribution < -0.4 is 15.4 Å². The Balaban J connectivity index is 2.11. The first kappa shape index (κ1) is 19.5. The third-order valence-corrected chi connectivity index (χ3v) is 3.90. The van der Waals surface area contributed by atoms with Gasteiger partial charge < -0.3 is 15.4 Å². The molecule has 138 valence electrons. The number of hydrogen-bond acceptors (Lipinski definition) is 3. The molecule has 0 unspecified atom stereocenters. The van der Waals surface area contributed by atoms with Gasteiger partial charge in [0, 0.05) is 6.54 Å². The van der Waals surface area contributed by atoms with E-state index in [1.807, 2.05) is 45.0 Å². The van der Waals surface area contributed by atoms with E-state index in [2.05, 4.69) is 10.6 Å². The molecule has 0 fully saturated rings. The van der Waals surface area contributed by atoms with Crippen LogP contribution in [0.1, 0.15) is 42.6 Å². The van der Waals surface area contributed by atoms with Crippen LogP contribution in [-0.2, 0) is 4.79 Å². The molecular formula is C21H26N2O3. The maximum atomic E-state index is 12.7. The molecule has 0 saturated carbocycles. The second-order valence-corrected chi connectivity index (χ2v) is 6.12. The smallest absolute Gasteiger partial charge is 0.265 e. The lowest BCUT2D eigenvalue weighted by atomic mass is 10.1. The van der Waals surface area contributed by atoms with E-state index in [1.54, 1.807) is 24.3 Å². The van der Waals surface area contributed by atoms with E-state index in [1.165, 1.54) is 0 Å². The second kappa shape index (κ2) is 9.61. The van der Waals surface area contributed by atoms with Crippen LogP contribution in [0.5, 0.6) is 5.75 Å². The molecule has 2 amide bonds. The molecular weight excluding hydrogens is 328 g/mol. The van der Waals surface area contributed by atoms with Crippen LogP contribution >= 0.6 is 0 Å². The van der Waals surface area contributed by atoms with Gasteiger partial charge in [0.2, 0.25) is 0 Å². The minimum atomic E-state index is -0.636. The zero-order valence-electron chi connectivity index (χ0n) is 15.5. The molecule has 2 N–H and O–H groups in total. The lowest BCUT2D eigenvalue weighted by molar-refractivity contribution is -0.122. The van der Waals surface area contributed by atoms with Crippen molar-refractivity contribution >= 4 is 17.5 Å². The number of nitrogens with one attached hydrogen (secondary N) is 2. The molecule has 1 atom stereocenters. The molecule has 5 heteroatoms. The van der Waals surface area contributed by atoms with Gasteiger partial charge >= 0.3 is 0 Å². The molecule has 0 aliphatic carbocycles. The van der Waals surface area contributed by atoms with E-state index in [4.69, 9.17) is 4.74 Å². The Morgan fingerprint density at radius 3 is 2.54 bits per heavy atom. The molecule has 0 bridgehead atoms. The zero-order chi connectivity index (χ0) is 18.9. The van der Waals surface area contributed by atoms with Gasteiger partial charge in [0.15, 0.2) is 6.10 Å². The van der Waals surface area contributed by atoms with Crippen LogP contribution in [0.3, 0.4) is 0 Å². The molecule has 0 aliphatic heterocycles. The van der Waals surface area contributed by atoms with Gasteiger partial charge in [0.1, 0.15) is 5.75 Å². The van der Waals surface area contributed by atoms with E-state index >= 15 is 0 Å². The molecule has 2 aromatic carbocycles. The monoisotopic (exact) mass is 354 g/mol. The van der Waals surface area contributed by atoms with Crippen LogP contribution in [0.2, 0.25) is 0 Å². The molecule has 0 spiro atoms. The van der Waals surface area contributed by atoms with Crippen molar-refractivity contribution in [1.82, 2.24) is 5.32 Å². The van der Waals surface area contributed by atoms with Gasteiger partial charge in [0.05, 0.1) is 11.3 Å². The average Bonchev–Trinajstić information content (AvgIpc) is 2.64. The van der Waals surface area contributed by atoms with Crippen molar-refractivity contribution in [2.24, 2.45) is 0 Å². The van der Waals surface area contributed by atoms with Crippen LogP contribution in [0, 0.1) is 6.92 Å². The van der Waals surface area contributed by atoms with Gasteiger partial charge in [-0.25, -0.2) is 0 Å². The summed E-state index contributed by atoms with van der Waals surface area (Å²) in [6, 6.07) is 14.6. The number of anilines is 1. The third-order valence-electron chi connectivity index (χ3n) is 3.90. The third kappa shape index (κ3) is 5.34. The maximum absolute atomic E-state index is 12.7. The Bertz CT molecular complexity index is 758. The van der Waals surface area contributed by atoms with Crippen LogP contribution in [0.4, 0.5) is 5.69 Å². The first-order valence-electron chi connectivity index (χ1n) is 8.96. The van der Waals surface area contributed by atoms with Gasteiger partial charge in [0.25, 0.3) is 11.8 Å². The molecule has 2 aromatic rings. The standard InChI is InChI=1S/C21H26N2O3/c1-4-13-22-20(24)17-11-6-7-12-18(17)23-21(25)19(5-2)26-16-10-8-9-15(3)14-16/h6-12,14,19H,4-5,13H2,1-3H3,(H,22,24)(H,23,25)/t19-/m0/s1. The first-order valence-corrected chi connectivity index (χ1v) is 8.96. The van der Waals surface area contributed by atoms with Crippen molar-refractivity contribution in [3.63, 3.8) is 0 Å². The Hall–Kier alpha value is -2.82. The number of carbonyl (C=O) groups is 2. The minimum Gasteiger partial charge on any atom is -0.481 e. The number of rotatable bonds is 8. The summed E-state index contributed by atoms with van der Waals surface area (Å²) in [6.45, 7) is 6.44. The van der Waals surface area contributed by atoms with Crippen molar-refractivity contribution in [3.05, 3.63) is 59.7 Å². The Kier molecular flexibility index (Phi) is 7.21. The Morgan fingerprint density at radius 2 is 1.85 bits per heavy atom. The fraction of sp³-hybridized carbons (Fsp3) is 0.333. The van der Waals surface area contributed by atoms with E-state index in [-0.39, 0.29) is 11.8 Å². The number of ether oxygens (including phenoxy) is 1. The fourth-order valence-electron chi connectivity index (χ4n) is 2.51. The van der Waals surface area contributed by atoms with E-state index in [9.17, 15) is 9.59 Å². The SMILES string of the molecule is CCCNC(=O)c1ccccc1NC(=O)[C@H](CC)Oc1cccc(C)c1. The molecule has 5 nitrogen and oxygen atoms in total. The van der Waals surface area contributed by atoms with E-state index in [0.717, 1.165) is 12.0 Å². The molecule has 26 heavy (non-hydrogen) atoms. The largest absolute Gasteiger partial charge is 0.481 e. The van der Waals surface area contributed by atoms with Gasteiger partial charge in [-0.2, -0.15) is 0 Å². The summed E-state index contributed by atoms with van der Waals surface area (Å²) in [6.07, 6.45) is 0.732. The van der Waals surface area contributed by atoms with Crippen molar-refractivity contribution in [2.75, 3.05) is 11.9 Å². The molecule has 2 rings (SSSR count).